The van der Waals surface area contributed by atoms with Gasteiger partial charge in [-0.25, -0.2) is 9.97 Å². The summed E-state index contributed by atoms with van der Waals surface area (Å²) < 4.78 is 0.993. The number of aryl methyl sites for hydroxylation is 2. The fourth-order valence-corrected chi connectivity index (χ4v) is 3.76. The third-order valence-corrected chi connectivity index (χ3v) is 4.57. The number of thiophene rings is 1. The normalized spacial score (nSPS) is 15.6. The lowest BCUT2D eigenvalue weighted by atomic mass is 9.98. The molecule has 0 radical (unpaired) electrons. The van der Waals surface area contributed by atoms with Gasteiger partial charge in [0.05, 0.1) is 10.2 Å². The van der Waals surface area contributed by atoms with Gasteiger partial charge in [0, 0.05) is 4.88 Å². The molecule has 0 N–H and O–H groups in total. The van der Waals surface area contributed by atoms with E-state index in [-0.39, 0.29) is 5.28 Å². The molecule has 2 aromatic rings. The molecule has 0 unspecified atom stereocenters. The highest BCUT2D eigenvalue weighted by Gasteiger charge is 2.19. The molecule has 2 heterocycles. The summed E-state index contributed by atoms with van der Waals surface area (Å²) in [6, 6.07) is 0. The van der Waals surface area contributed by atoms with Crippen molar-refractivity contribution in [1.82, 2.24) is 9.97 Å². The standard InChI is InChI=1S/C10H8Cl2N2S/c11-9-8-7(13-10(12)14-9)5-3-1-2-4-6(5)15-8/h1-4H2. The van der Waals surface area contributed by atoms with E-state index in [4.69, 9.17) is 23.2 Å². The van der Waals surface area contributed by atoms with Crippen LogP contribution in [-0.4, -0.2) is 9.97 Å². The van der Waals surface area contributed by atoms with E-state index in [1.807, 2.05) is 0 Å². The first-order valence-corrected chi connectivity index (χ1v) is 6.46. The first kappa shape index (κ1) is 9.82. The van der Waals surface area contributed by atoms with Crippen LogP contribution >= 0.6 is 34.5 Å². The van der Waals surface area contributed by atoms with Gasteiger partial charge in [0.25, 0.3) is 0 Å². The van der Waals surface area contributed by atoms with Gasteiger partial charge in [-0.1, -0.05) is 11.6 Å². The molecule has 0 saturated carbocycles. The van der Waals surface area contributed by atoms with E-state index in [1.165, 1.54) is 23.3 Å². The Kier molecular flexibility index (Phi) is 2.34. The van der Waals surface area contributed by atoms with Crippen LogP contribution in [0, 0.1) is 0 Å². The first-order valence-electron chi connectivity index (χ1n) is 4.89. The molecule has 0 amide bonds. The highest BCUT2D eigenvalue weighted by Crippen LogP contribution is 2.38. The van der Waals surface area contributed by atoms with Crippen molar-refractivity contribution in [1.29, 1.82) is 0 Å². The molecule has 2 aromatic heterocycles. The number of hydrogen-bond donors (Lipinski definition) is 0. The zero-order chi connectivity index (χ0) is 10.4. The van der Waals surface area contributed by atoms with E-state index in [1.54, 1.807) is 11.3 Å². The maximum atomic E-state index is 6.06. The van der Waals surface area contributed by atoms with Crippen LogP contribution < -0.4 is 0 Å². The van der Waals surface area contributed by atoms with Crippen molar-refractivity contribution >= 4 is 44.8 Å². The lowest BCUT2D eigenvalue weighted by Gasteiger charge is -2.09. The minimum atomic E-state index is 0.249. The van der Waals surface area contributed by atoms with Crippen molar-refractivity contribution in [3.8, 4) is 0 Å². The van der Waals surface area contributed by atoms with Crippen molar-refractivity contribution in [2.24, 2.45) is 0 Å². The number of aromatic nitrogens is 2. The van der Waals surface area contributed by atoms with E-state index < -0.39 is 0 Å². The van der Waals surface area contributed by atoms with E-state index in [9.17, 15) is 0 Å². The van der Waals surface area contributed by atoms with Crippen molar-refractivity contribution in [3.63, 3.8) is 0 Å². The van der Waals surface area contributed by atoms with E-state index in [0.29, 0.717) is 5.15 Å². The topological polar surface area (TPSA) is 25.8 Å². The number of fused-ring (bicyclic) bond motifs is 3. The molecule has 0 aromatic carbocycles. The minimum Gasteiger partial charge on any atom is -0.217 e. The van der Waals surface area contributed by atoms with Crippen LogP contribution in [0.4, 0.5) is 0 Å². The van der Waals surface area contributed by atoms with E-state index >= 15 is 0 Å². The van der Waals surface area contributed by atoms with Gasteiger partial charge in [-0.05, 0) is 42.8 Å². The molecular weight excluding hydrogens is 251 g/mol. The molecule has 5 heteroatoms. The van der Waals surface area contributed by atoms with Gasteiger partial charge >= 0.3 is 0 Å². The van der Waals surface area contributed by atoms with Crippen molar-refractivity contribution < 1.29 is 0 Å². The van der Waals surface area contributed by atoms with Crippen LogP contribution in [-0.2, 0) is 12.8 Å². The number of halogens is 2. The van der Waals surface area contributed by atoms with E-state index in [0.717, 1.165) is 23.1 Å². The fourth-order valence-electron chi connectivity index (χ4n) is 2.06. The predicted molar refractivity (Wildman–Crippen MR) is 64.1 cm³/mol. The summed E-state index contributed by atoms with van der Waals surface area (Å²) in [6.45, 7) is 0. The Hall–Kier alpha value is -0.380. The van der Waals surface area contributed by atoms with Crippen molar-refractivity contribution in [2.45, 2.75) is 25.7 Å². The minimum absolute atomic E-state index is 0.249. The quantitative estimate of drug-likeness (QED) is 0.530. The van der Waals surface area contributed by atoms with E-state index in [2.05, 4.69) is 9.97 Å². The highest BCUT2D eigenvalue weighted by atomic mass is 35.5. The molecule has 3 rings (SSSR count). The maximum Gasteiger partial charge on any atom is 0.224 e. The first-order chi connectivity index (χ1) is 7.25. The lowest BCUT2D eigenvalue weighted by molar-refractivity contribution is 0.699. The van der Waals surface area contributed by atoms with Crippen molar-refractivity contribution in [3.05, 3.63) is 20.9 Å². The predicted octanol–water partition coefficient (Wildman–Crippen LogP) is 3.88. The fraction of sp³-hybridized carbons (Fsp3) is 0.400. The Morgan fingerprint density at radius 3 is 2.73 bits per heavy atom. The Morgan fingerprint density at radius 1 is 1.07 bits per heavy atom. The smallest absolute Gasteiger partial charge is 0.217 e. The maximum absolute atomic E-state index is 6.06. The van der Waals surface area contributed by atoms with Crippen LogP contribution in [0.15, 0.2) is 0 Å². The summed E-state index contributed by atoms with van der Waals surface area (Å²) in [5, 5.41) is 0.739. The molecule has 0 bridgehead atoms. The number of nitrogens with zero attached hydrogens (tertiary/aromatic N) is 2. The SMILES string of the molecule is Clc1nc(Cl)c2sc3c(c2n1)CCCC3. The monoisotopic (exact) mass is 258 g/mol. The average Bonchev–Trinajstić information content (AvgIpc) is 2.57. The molecule has 0 saturated heterocycles. The summed E-state index contributed by atoms with van der Waals surface area (Å²) in [5.74, 6) is 0. The largest absolute Gasteiger partial charge is 0.224 e. The molecule has 0 fully saturated rings. The molecule has 1 aliphatic rings. The van der Waals surface area contributed by atoms with Gasteiger partial charge in [0.1, 0.15) is 0 Å². The molecule has 2 nitrogen and oxygen atoms in total. The summed E-state index contributed by atoms with van der Waals surface area (Å²) in [5.41, 5.74) is 2.31. The van der Waals surface area contributed by atoms with Crippen LogP contribution in [0.3, 0.4) is 0 Å². The van der Waals surface area contributed by atoms with Gasteiger partial charge in [-0.2, -0.15) is 0 Å². The van der Waals surface area contributed by atoms with Crippen LogP contribution in [0.25, 0.3) is 10.2 Å². The summed E-state index contributed by atoms with van der Waals surface area (Å²) in [6.07, 6.45) is 4.74. The van der Waals surface area contributed by atoms with Gasteiger partial charge in [-0.3, -0.25) is 0 Å². The third kappa shape index (κ3) is 1.53. The Morgan fingerprint density at radius 2 is 1.87 bits per heavy atom. The zero-order valence-corrected chi connectivity index (χ0v) is 10.2. The summed E-state index contributed by atoms with van der Waals surface area (Å²) >= 11 is 13.6. The lowest BCUT2D eigenvalue weighted by Crippen LogP contribution is -1.98. The second-order valence-corrected chi connectivity index (χ2v) is 5.47. The van der Waals surface area contributed by atoms with Gasteiger partial charge in [0.2, 0.25) is 5.28 Å². The van der Waals surface area contributed by atoms with Gasteiger partial charge < -0.3 is 0 Å². The average molecular weight is 259 g/mol. The molecule has 0 aliphatic heterocycles. The second kappa shape index (κ2) is 3.58. The summed E-state index contributed by atoms with van der Waals surface area (Å²) in [4.78, 5) is 9.68. The number of rotatable bonds is 0. The second-order valence-electron chi connectivity index (χ2n) is 3.67. The highest BCUT2D eigenvalue weighted by molar-refractivity contribution is 7.19. The molecular formula is C10H8Cl2N2S. The van der Waals surface area contributed by atoms with Gasteiger partial charge in [-0.15, -0.1) is 11.3 Å². The Balaban J connectivity index is 2.37. The van der Waals surface area contributed by atoms with Crippen molar-refractivity contribution in [2.75, 3.05) is 0 Å². The molecule has 0 atom stereocenters. The molecule has 1 aliphatic carbocycles. The summed E-state index contributed by atoms with van der Waals surface area (Å²) in [7, 11) is 0. The molecule has 0 spiro atoms. The number of hydrogen-bond acceptors (Lipinski definition) is 3. The van der Waals surface area contributed by atoms with Crippen LogP contribution in [0.5, 0.6) is 0 Å². The van der Waals surface area contributed by atoms with Crippen LogP contribution in [0.2, 0.25) is 10.4 Å². The van der Waals surface area contributed by atoms with Crippen LogP contribution in [0.1, 0.15) is 23.3 Å². The zero-order valence-electron chi connectivity index (χ0n) is 7.89. The molecule has 78 valence electrons. The Labute approximate surface area is 101 Å². The van der Waals surface area contributed by atoms with Gasteiger partial charge in [0.15, 0.2) is 5.15 Å². The Bertz CT molecular complexity index is 536. The molecule has 15 heavy (non-hydrogen) atoms. The third-order valence-electron chi connectivity index (χ3n) is 2.73.